The van der Waals surface area contributed by atoms with Gasteiger partial charge in [-0.25, -0.2) is 0 Å². The summed E-state index contributed by atoms with van der Waals surface area (Å²) in [6, 6.07) is 0.275. The molecule has 3 N–H and O–H groups in total. The minimum atomic E-state index is -0.362. The Hall–Kier alpha value is -2.15. The van der Waals surface area contributed by atoms with Crippen molar-refractivity contribution in [3.63, 3.8) is 0 Å². The Kier molecular flexibility index (Phi) is 4.53. The fourth-order valence-electron chi connectivity index (χ4n) is 4.70. The highest BCUT2D eigenvalue weighted by molar-refractivity contribution is 7.18. The van der Waals surface area contributed by atoms with E-state index in [2.05, 4.69) is 10.5 Å². The van der Waals surface area contributed by atoms with E-state index in [0.717, 1.165) is 66.6 Å². The Morgan fingerprint density at radius 2 is 2.17 bits per heavy atom. The maximum atomic E-state index is 13.8. The molecule has 6 nitrogen and oxygen atoms in total. The summed E-state index contributed by atoms with van der Waals surface area (Å²) in [4.78, 5) is 27.2. The number of carbonyl (C=O) groups excluding carboxylic acids is 2. The second-order valence-corrected chi connectivity index (χ2v) is 10.1. The lowest BCUT2D eigenvalue weighted by Crippen LogP contribution is -2.37. The molecule has 29 heavy (non-hydrogen) atoms. The molecule has 154 valence electrons. The molecule has 0 radical (unpaired) electrons. The standard InChI is InChI=1S/C22H27N3O3S/c1-12-14(11-28-25-12)6-8-22(10-13-2-3-13)9-7-16-17(21(27)24-15-4-5-15)20(23)29-18(16)19(22)26/h11,13,15H,2-10,23H2,1H3,(H,24,27). The third-order valence-electron chi connectivity index (χ3n) is 6.81. The summed E-state index contributed by atoms with van der Waals surface area (Å²) in [5, 5.41) is 7.49. The van der Waals surface area contributed by atoms with Crippen LogP contribution in [0.1, 0.15) is 81.8 Å². The maximum Gasteiger partial charge on any atom is 0.254 e. The monoisotopic (exact) mass is 413 g/mol. The van der Waals surface area contributed by atoms with Crippen molar-refractivity contribution in [3.8, 4) is 0 Å². The summed E-state index contributed by atoms with van der Waals surface area (Å²) in [7, 11) is 0. The maximum absolute atomic E-state index is 13.8. The fraction of sp³-hybridized carbons (Fsp3) is 0.591. The molecule has 2 heterocycles. The second kappa shape index (κ2) is 6.97. The predicted octanol–water partition coefficient (Wildman–Crippen LogP) is 4.07. The van der Waals surface area contributed by atoms with Gasteiger partial charge in [0.05, 0.1) is 21.1 Å². The number of ketones is 1. The Bertz CT molecular complexity index is 970. The van der Waals surface area contributed by atoms with Crippen LogP contribution in [0.3, 0.4) is 0 Å². The first kappa shape index (κ1) is 18.9. The van der Waals surface area contributed by atoms with Crippen LogP contribution in [-0.4, -0.2) is 22.9 Å². The smallest absolute Gasteiger partial charge is 0.254 e. The molecule has 2 saturated carbocycles. The zero-order valence-electron chi connectivity index (χ0n) is 16.8. The third kappa shape index (κ3) is 3.50. The van der Waals surface area contributed by atoms with Crippen molar-refractivity contribution in [1.29, 1.82) is 0 Å². The summed E-state index contributed by atoms with van der Waals surface area (Å²) in [5.41, 5.74) is 9.29. The number of fused-ring (bicyclic) bond motifs is 1. The number of rotatable bonds is 7. The van der Waals surface area contributed by atoms with Crippen molar-refractivity contribution in [2.45, 2.75) is 70.8 Å². The van der Waals surface area contributed by atoms with Gasteiger partial charge in [0.25, 0.3) is 5.91 Å². The Balaban J connectivity index is 1.43. The number of nitrogens with two attached hydrogens (primary N) is 1. The first-order chi connectivity index (χ1) is 14.0. The predicted molar refractivity (Wildman–Crippen MR) is 111 cm³/mol. The number of Topliss-reactive ketones (excluding diaryl/α,β-unsaturated/α-hetero) is 1. The number of amides is 1. The van der Waals surface area contributed by atoms with Crippen molar-refractivity contribution in [1.82, 2.24) is 10.5 Å². The number of hydrogen-bond donors (Lipinski definition) is 2. The lowest BCUT2D eigenvalue weighted by molar-refractivity contribution is 0.0711. The van der Waals surface area contributed by atoms with Crippen molar-refractivity contribution >= 4 is 28.0 Å². The van der Waals surface area contributed by atoms with E-state index in [4.69, 9.17) is 10.3 Å². The van der Waals surface area contributed by atoms with E-state index in [-0.39, 0.29) is 23.1 Å². The molecular formula is C22H27N3O3S. The number of aromatic nitrogens is 1. The van der Waals surface area contributed by atoms with E-state index in [0.29, 0.717) is 16.5 Å². The van der Waals surface area contributed by atoms with Crippen molar-refractivity contribution in [2.24, 2.45) is 11.3 Å². The van der Waals surface area contributed by atoms with E-state index in [1.807, 2.05) is 6.92 Å². The van der Waals surface area contributed by atoms with Gasteiger partial charge in [-0.15, -0.1) is 11.3 Å². The van der Waals surface area contributed by atoms with Gasteiger partial charge in [0.15, 0.2) is 5.78 Å². The number of nitrogen functional groups attached to an aromatic ring is 1. The third-order valence-corrected chi connectivity index (χ3v) is 7.87. The van der Waals surface area contributed by atoms with E-state index in [1.54, 1.807) is 6.26 Å². The van der Waals surface area contributed by atoms with Gasteiger partial charge >= 0.3 is 0 Å². The van der Waals surface area contributed by atoms with Crippen LogP contribution in [0.5, 0.6) is 0 Å². The highest BCUT2D eigenvalue weighted by Crippen LogP contribution is 2.51. The zero-order chi connectivity index (χ0) is 20.2. The molecule has 7 heteroatoms. The minimum absolute atomic E-state index is 0.106. The first-order valence-electron chi connectivity index (χ1n) is 10.6. The van der Waals surface area contributed by atoms with Crippen LogP contribution in [0.25, 0.3) is 0 Å². The summed E-state index contributed by atoms with van der Waals surface area (Å²) >= 11 is 1.31. The van der Waals surface area contributed by atoms with Gasteiger partial charge in [-0.05, 0) is 63.4 Å². The molecule has 0 saturated heterocycles. The number of carbonyl (C=O) groups is 2. The second-order valence-electron chi connectivity index (χ2n) is 9.08. The number of aryl methyl sites for hydroxylation is 2. The molecule has 0 aromatic carbocycles. The van der Waals surface area contributed by atoms with Crippen molar-refractivity contribution in [3.05, 3.63) is 33.5 Å². The molecule has 5 rings (SSSR count). The van der Waals surface area contributed by atoms with Gasteiger partial charge in [-0.1, -0.05) is 18.0 Å². The lowest BCUT2D eigenvalue weighted by Gasteiger charge is -2.36. The van der Waals surface area contributed by atoms with E-state index in [1.165, 1.54) is 24.2 Å². The molecule has 1 amide bonds. The zero-order valence-corrected chi connectivity index (χ0v) is 17.6. The molecular weight excluding hydrogens is 386 g/mol. The molecule has 1 atom stereocenters. The SMILES string of the molecule is Cc1nocc1CCC1(CC2CC2)CCc2c(sc(N)c2C(=O)NC2CC2)C1=O. The minimum Gasteiger partial charge on any atom is -0.390 e. The van der Waals surface area contributed by atoms with Gasteiger partial charge in [-0.3, -0.25) is 9.59 Å². The summed E-state index contributed by atoms with van der Waals surface area (Å²) in [6.45, 7) is 1.94. The van der Waals surface area contributed by atoms with E-state index < -0.39 is 0 Å². The van der Waals surface area contributed by atoms with Crippen LogP contribution in [-0.2, 0) is 12.8 Å². The molecule has 3 aliphatic rings. The number of anilines is 1. The number of nitrogens with one attached hydrogen (secondary N) is 1. The van der Waals surface area contributed by atoms with Gasteiger partial charge in [-0.2, -0.15) is 0 Å². The molecule has 0 bridgehead atoms. The molecule has 2 aromatic heterocycles. The number of hydrogen-bond acceptors (Lipinski definition) is 6. The van der Waals surface area contributed by atoms with Crippen LogP contribution in [0.2, 0.25) is 0 Å². The highest BCUT2D eigenvalue weighted by atomic mass is 32.1. The molecule has 2 aromatic rings. The Morgan fingerprint density at radius 1 is 1.38 bits per heavy atom. The van der Waals surface area contributed by atoms with Gasteiger partial charge < -0.3 is 15.6 Å². The number of thiophene rings is 1. The van der Waals surface area contributed by atoms with Gasteiger partial charge in [0, 0.05) is 17.0 Å². The fourth-order valence-corrected chi connectivity index (χ4v) is 5.87. The molecule has 1 unspecified atom stereocenters. The topological polar surface area (TPSA) is 98.2 Å². The van der Waals surface area contributed by atoms with E-state index >= 15 is 0 Å². The molecule has 2 fully saturated rings. The summed E-state index contributed by atoms with van der Waals surface area (Å²) in [6.07, 6.45) is 10.3. The molecule has 0 aliphatic heterocycles. The molecule has 0 spiro atoms. The van der Waals surface area contributed by atoms with Crippen LogP contribution < -0.4 is 11.1 Å². The normalized spacial score (nSPS) is 23.8. The average Bonchev–Trinajstić information content (AvgIpc) is 3.60. The van der Waals surface area contributed by atoms with Crippen molar-refractivity contribution < 1.29 is 14.1 Å². The average molecular weight is 414 g/mol. The first-order valence-corrected chi connectivity index (χ1v) is 11.4. The molecule has 3 aliphatic carbocycles. The number of nitrogens with zero attached hydrogens (tertiary/aromatic N) is 1. The Labute approximate surface area is 174 Å². The lowest BCUT2D eigenvalue weighted by atomic mass is 9.66. The Morgan fingerprint density at radius 3 is 2.83 bits per heavy atom. The largest absolute Gasteiger partial charge is 0.390 e. The van der Waals surface area contributed by atoms with Gasteiger partial charge in [0.1, 0.15) is 6.26 Å². The van der Waals surface area contributed by atoms with Gasteiger partial charge in [0.2, 0.25) is 0 Å². The summed E-state index contributed by atoms with van der Waals surface area (Å²) in [5.74, 6) is 0.742. The van der Waals surface area contributed by atoms with Crippen LogP contribution >= 0.6 is 11.3 Å². The van der Waals surface area contributed by atoms with Crippen LogP contribution in [0.4, 0.5) is 5.00 Å². The van der Waals surface area contributed by atoms with Crippen LogP contribution in [0, 0.1) is 18.3 Å². The van der Waals surface area contributed by atoms with E-state index in [9.17, 15) is 9.59 Å². The van der Waals surface area contributed by atoms with Crippen LogP contribution in [0.15, 0.2) is 10.8 Å². The quantitative estimate of drug-likeness (QED) is 0.713. The highest BCUT2D eigenvalue weighted by Gasteiger charge is 2.47. The summed E-state index contributed by atoms with van der Waals surface area (Å²) < 4.78 is 5.08. The van der Waals surface area contributed by atoms with Crippen molar-refractivity contribution in [2.75, 3.05) is 5.73 Å².